The zero-order valence-corrected chi connectivity index (χ0v) is 16.5. The summed E-state index contributed by atoms with van der Waals surface area (Å²) in [7, 11) is 0. The number of hydrogen-bond donors (Lipinski definition) is 1. The molecule has 0 unspecified atom stereocenters. The van der Waals surface area contributed by atoms with Crippen LogP contribution in [0.1, 0.15) is 16.5 Å². The zero-order valence-electron chi connectivity index (χ0n) is 14.1. The van der Waals surface area contributed by atoms with Crippen molar-refractivity contribution in [1.29, 1.82) is 0 Å². The second-order valence-corrected chi connectivity index (χ2v) is 9.04. The van der Waals surface area contributed by atoms with Crippen LogP contribution >= 0.6 is 34.4 Å². The first-order valence-corrected chi connectivity index (χ1v) is 10.9. The largest absolute Gasteiger partial charge is 0.344 e. The lowest BCUT2D eigenvalue weighted by atomic mass is 10.1. The highest BCUT2D eigenvalue weighted by Crippen LogP contribution is 2.30. The number of carbonyl (C=O) groups is 1. The van der Waals surface area contributed by atoms with Gasteiger partial charge in [0.1, 0.15) is 5.82 Å². The van der Waals surface area contributed by atoms with Crippen molar-refractivity contribution in [3.8, 4) is 0 Å². The molecule has 4 rings (SSSR count). The van der Waals surface area contributed by atoms with Crippen LogP contribution in [0.15, 0.2) is 70.4 Å². The molecule has 0 radical (unpaired) electrons. The van der Waals surface area contributed by atoms with E-state index in [1.54, 1.807) is 34.8 Å². The summed E-state index contributed by atoms with van der Waals surface area (Å²) < 4.78 is 15.2. The second kappa shape index (κ2) is 8.21. The lowest BCUT2D eigenvalue weighted by molar-refractivity contribution is -0.119. The Balaban J connectivity index is 1.46. The van der Waals surface area contributed by atoms with Gasteiger partial charge in [-0.1, -0.05) is 42.1 Å². The number of hydrogen-bond acceptors (Lipinski definition) is 5. The Bertz CT molecular complexity index is 1010. The van der Waals surface area contributed by atoms with Crippen LogP contribution in [0, 0.1) is 5.82 Å². The molecule has 2 heterocycles. The quantitative estimate of drug-likeness (QED) is 0.424. The molecule has 0 spiro atoms. The summed E-state index contributed by atoms with van der Waals surface area (Å²) in [6.07, 6.45) is 0. The fourth-order valence-electron chi connectivity index (χ4n) is 2.67. The summed E-state index contributed by atoms with van der Waals surface area (Å²) in [5.74, 6) is -0.0912. The molecule has 4 aromatic rings. The third-order valence-electron chi connectivity index (χ3n) is 3.94. The molecule has 0 fully saturated rings. The summed E-state index contributed by atoms with van der Waals surface area (Å²) in [4.78, 5) is 18.1. The zero-order chi connectivity index (χ0) is 18.6. The monoisotopic (exact) mass is 414 g/mol. The van der Waals surface area contributed by atoms with Gasteiger partial charge in [0.25, 0.3) is 0 Å². The fraction of sp³-hybridized carbons (Fsp3) is 0.100. The first-order chi connectivity index (χ1) is 13.2. The molecule has 1 amide bonds. The third kappa shape index (κ3) is 4.37. The molecule has 3 nitrogen and oxygen atoms in total. The molecule has 0 saturated heterocycles. The highest BCUT2D eigenvalue weighted by atomic mass is 32.2. The Morgan fingerprint density at radius 2 is 1.93 bits per heavy atom. The Morgan fingerprint density at radius 1 is 1.11 bits per heavy atom. The molecule has 1 atom stereocenters. The normalized spacial score (nSPS) is 12.2. The predicted molar refractivity (Wildman–Crippen MR) is 111 cm³/mol. The molecule has 7 heteroatoms. The SMILES string of the molecule is O=C(CSc1nc2ccccc2s1)N[C@@H](c1ccc(F)cc1)c1cccs1. The van der Waals surface area contributed by atoms with E-state index in [1.165, 1.54) is 23.9 Å². The Labute approximate surface area is 168 Å². The third-order valence-corrected chi connectivity index (χ3v) is 7.05. The van der Waals surface area contributed by atoms with Crippen molar-refractivity contribution in [3.63, 3.8) is 0 Å². The van der Waals surface area contributed by atoms with E-state index in [0.717, 1.165) is 25.0 Å². The van der Waals surface area contributed by atoms with Gasteiger partial charge in [-0.05, 0) is 41.3 Å². The number of thiophene rings is 1. The molecule has 0 bridgehead atoms. The summed E-state index contributed by atoms with van der Waals surface area (Å²) >= 11 is 4.58. The van der Waals surface area contributed by atoms with Gasteiger partial charge in [-0.3, -0.25) is 4.79 Å². The van der Waals surface area contributed by atoms with Gasteiger partial charge in [-0.15, -0.1) is 22.7 Å². The molecular formula is C20H15FN2OS3. The van der Waals surface area contributed by atoms with E-state index >= 15 is 0 Å². The molecule has 1 N–H and O–H groups in total. The number of nitrogens with zero attached hydrogens (tertiary/aromatic N) is 1. The average Bonchev–Trinajstić information content (AvgIpc) is 3.34. The number of thioether (sulfide) groups is 1. The van der Waals surface area contributed by atoms with E-state index in [1.807, 2.05) is 41.8 Å². The molecule has 27 heavy (non-hydrogen) atoms. The van der Waals surface area contributed by atoms with Crippen molar-refractivity contribution in [2.45, 2.75) is 10.4 Å². The van der Waals surface area contributed by atoms with E-state index in [-0.39, 0.29) is 23.5 Å². The van der Waals surface area contributed by atoms with Gasteiger partial charge in [-0.2, -0.15) is 0 Å². The van der Waals surface area contributed by atoms with Crippen molar-refractivity contribution in [1.82, 2.24) is 10.3 Å². The molecule has 0 aliphatic heterocycles. The summed E-state index contributed by atoms with van der Waals surface area (Å²) in [6, 6.07) is 17.8. The number of para-hydroxylation sites is 1. The maximum absolute atomic E-state index is 13.3. The lowest BCUT2D eigenvalue weighted by Gasteiger charge is -2.18. The predicted octanol–water partition coefficient (Wildman–Crippen LogP) is 5.49. The van der Waals surface area contributed by atoms with Crippen LogP contribution < -0.4 is 5.32 Å². The molecule has 0 aliphatic carbocycles. The first kappa shape index (κ1) is 18.2. The fourth-order valence-corrected chi connectivity index (χ4v) is 5.35. The van der Waals surface area contributed by atoms with E-state index in [0.29, 0.717) is 0 Å². The highest BCUT2D eigenvalue weighted by molar-refractivity contribution is 8.01. The molecule has 136 valence electrons. The van der Waals surface area contributed by atoms with Crippen molar-refractivity contribution in [3.05, 3.63) is 82.3 Å². The first-order valence-electron chi connectivity index (χ1n) is 8.25. The van der Waals surface area contributed by atoms with E-state index < -0.39 is 0 Å². The molecule has 0 saturated carbocycles. The Morgan fingerprint density at radius 3 is 2.67 bits per heavy atom. The van der Waals surface area contributed by atoms with Crippen LogP contribution in [0.25, 0.3) is 10.2 Å². The minimum absolute atomic E-state index is 0.0815. The Hall–Kier alpha value is -2.22. The number of fused-ring (bicyclic) bond motifs is 1. The summed E-state index contributed by atoms with van der Waals surface area (Å²) in [6.45, 7) is 0. The van der Waals surface area contributed by atoms with Crippen LogP contribution in [0.5, 0.6) is 0 Å². The molecule has 0 aliphatic rings. The number of rotatable bonds is 6. The molecular weight excluding hydrogens is 399 g/mol. The van der Waals surface area contributed by atoms with Gasteiger partial charge in [-0.25, -0.2) is 9.37 Å². The topological polar surface area (TPSA) is 42.0 Å². The summed E-state index contributed by atoms with van der Waals surface area (Å²) in [5.41, 5.74) is 1.81. The van der Waals surface area contributed by atoms with Gasteiger partial charge in [0.05, 0.1) is 22.0 Å². The number of aromatic nitrogens is 1. The summed E-state index contributed by atoms with van der Waals surface area (Å²) in [5, 5.41) is 5.03. The number of amides is 1. The van der Waals surface area contributed by atoms with Crippen LogP contribution in [-0.2, 0) is 4.79 Å². The van der Waals surface area contributed by atoms with Crippen molar-refractivity contribution in [2.75, 3.05) is 5.75 Å². The van der Waals surface area contributed by atoms with Gasteiger partial charge in [0.15, 0.2) is 4.34 Å². The van der Waals surface area contributed by atoms with Crippen LogP contribution in [-0.4, -0.2) is 16.6 Å². The van der Waals surface area contributed by atoms with Gasteiger partial charge in [0.2, 0.25) is 5.91 Å². The highest BCUT2D eigenvalue weighted by Gasteiger charge is 2.18. The van der Waals surface area contributed by atoms with Crippen LogP contribution in [0.2, 0.25) is 0 Å². The number of benzene rings is 2. The standard InChI is InChI=1S/C20H15FN2OS3/c21-14-9-7-13(8-10-14)19(17-6-3-11-25-17)23-18(24)12-26-20-22-15-4-1-2-5-16(15)27-20/h1-11,19H,12H2,(H,23,24)/t19-/m0/s1. The smallest absolute Gasteiger partial charge is 0.231 e. The maximum Gasteiger partial charge on any atom is 0.231 e. The van der Waals surface area contributed by atoms with Crippen LogP contribution in [0.4, 0.5) is 4.39 Å². The second-order valence-electron chi connectivity index (χ2n) is 5.80. The van der Waals surface area contributed by atoms with Crippen LogP contribution in [0.3, 0.4) is 0 Å². The van der Waals surface area contributed by atoms with Gasteiger partial charge < -0.3 is 5.32 Å². The van der Waals surface area contributed by atoms with E-state index in [4.69, 9.17) is 0 Å². The number of halogens is 1. The lowest BCUT2D eigenvalue weighted by Crippen LogP contribution is -2.30. The average molecular weight is 415 g/mol. The molecule has 2 aromatic heterocycles. The number of nitrogens with one attached hydrogen (secondary N) is 1. The number of thiazole rings is 1. The van der Waals surface area contributed by atoms with Gasteiger partial charge >= 0.3 is 0 Å². The van der Waals surface area contributed by atoms with Crippen molar-refractivity contribution >= 4 is 50.6 Å². The number of carbonyl (C=O) groups excluding carboxylic acids is 1. The minimum Gasteiger partial charge on any atom is -0.344 e. The molecule has 2 aromatic carbocycles. The van der Waals surface area contributed by atoms with E-state index in [9.17, 15) is 9.18 Å². The van der Waals surface area contributed by atoms with Crippen molar-refractivity contribution < 1.29 is 9.18 Å². The van der Waals surface area contributed by atoms with Gasteiger partial charge in [0, 0.05) is 4.88 Å². The van der Waals surface area contributed by atoms with E-state index in [2.05, 4.69) is 10.3 Å². The van der Waals surface area contributed by atoms with Crippen molar-refractivity contribution in [2.24, 2.45) is 0 Å². The maximum atomic E-state index is 13.3. The Kier molecular flexibility index (Phi) is 5.52. The minimum atomic E-state index is -0.290.